The predicted octanol–water partition coefficient (Wildman–Crippen LogP) is 1.18. The highest BCUT2D eigenvalue weighted by Crippen LogP contribution is 2.38. The summed E-state index contributed by atoms with van der Waals surface area (Å²) in [7, 11) is 0. The molecular formula is C12H15ClO4S. The Morgan fingerprint density at radius 1 is 1.17 bits per heavy atom. The van der Waals surface area contributed by atoms with Gasteiger partial charge in [0, 0.05) is 5.02 Å². The zero-order chi connectivity index (χ0) is 13.3. The number of aliphatic hydroxyl groups is 3. The molecule has 100 valence electrons. The highest BCUT2D eigenvalue weighted by atomic mass is 35.5. The summed E-state index contributed by atoms with van der Waals surface area (Å²) in [6.07, 6.45) is -2.48. The van der Waals surface area contributed by atoms with Crippen LogP contribution in [0.25, 0.3) is 0 Å². The number of hydrogen-bond acceptors (Lipinski definition) is 5. The van der Waals surface area contributed by atoms with Crippen LogP contribution in [0.4, 0.5) is 0 Å². The van der Waals surface area contributed by atoms with E-state index < -0.39 is 24.6 Å². The quantitative estimate of drug-likeness (QED) is 0.780. The van der Waals surface area contributed by atoms with E-state index >= 15 is 0 Å². The van der Waals surface area contributed by atoms with Gasteiger partial charge in [0.15, 0.2) is 6.29 Å². The van der Waals surface area contributed by atoms with Crippen molar-refractivity contribution in [1.82, 2.24) is 0 Å². The molecule has 1 aromatic rings. The Bertz CT molecular complexity index is 400. The van der Waals surface area contributed by atoms with Crippen LogP contribution in [0.3, 0.4) is 0 Å². The molecule has 4 nitrogen and oxygen atoms in total. The lowest BCUT2D eigenvalue weighted by atomic mass is 10.0. The summed E-state index contributed by atoms with van der Waals surface area (Å²) in [6.45, 7) is 0. The first-order valence-electron chi connectivity index (χ1n) is 5.52. The third kappa shape index (κ3) is 2.66. The van der Waals surface area contributed by atoms with Crippen LogP contribution in [0.2, 0.25) is 5.02 Å². The van der Waals surface area contributed by atoms with E-state index in [2.05, 4.69) is 0 Å². The molecule has 1 aliphatic rings. The largest absolute Gasteiger partial charge is 0.387 e. The lowest BCUT2D eigenvalue weighted by molar-refractivity contribution is -0.127. The van der Waals surface area contributed by atoms with Gasteiger partial charge < -0.3 is 20.1 Å². The Hall–Kier alpha value is -0.300. The second kappa shape index (κ2) is 5.77. The molecule has 0 amide bonds. The maximum Gasteiger partial charge on any atom is 0.184 e. The molecule has 0 spiro atoms. The summed E-state index contributed by atoms with van der Waals surface area (Å²) in [5.74, 6) is 0. The molecule has 1 saturated heterocycles. The summed E-state index contributed by atoms with van der Waals surface area (Å²) < 4.78 is 5.23. The van der Waals surface area contributed by atoms with Crippen molar-refractivity contribution in [3.8, 4) is 0 Å². The van der Waals surface area contributed by atoms with Crippen molar-refractivity contribution < 1.29 is 20.1 Å². The van der Waals surface area contributed by atoms with Gasteiger partial charge in [0.05, 0.1) is 5.25 Å². The second-order valence-corrected chi connectivity index (χ2v) is 5.60. The number of ether oxygens (including phenoxy) is 1. The molecule has 1 fully saturated rings. The van der Waals surface area contributed by atoms with E-state index in [1.54, 1.807) is 12.1 Å². The van der Waals surface area contributed by atoms with Gasteiger partial charge in [0.2, 0.25) is 0 Å². The summed E-state index contributed by atoms with van der Waals surface area (Å²) in [4.78, 5) is 0. The van der Waals surface area contributed by atoms with Crippen molar-refractivity contribution >= 4 is 23.4 Å². The Labute approximate surface area is 115 Å². The van der Waals surface area contributed by atoms with Crippen LogP contribution in [-0.4, -0.2) is 46.2 Å². The first-order valence-corrected chi connectivity index (χ1v) is 7.19. The minimum absolute atomic E-state index is 0.177. The van der Waals surface area contributed by atoms with Gasteiger partial charge in [0.25, 0.3) is 0 Å². The van der Waals surface area contributed by atoms with Crippen molar-refractivity contribution in [3.63, 3.8) is 0 Å². The van der Waals surface area contributed by atoms with Gasteiger partial charge in [-0.3, -0.25) is 0 Å². The highest BCUT2D eigenvalue weighted by Gasteiger charge is 2.45. The van der Waals surface area contributed by atoms with E-state index in [0.717, 1.165) is 5.56 Å². The topological polar surface area (TPSA) is 69.9 Å². The Morgan fingerprint density at radius 2 is 1.78 bits per heavy atom. The van der Waals surface area contributed by atoms with Crippen LogP contribution >= 0.6 is 23.4 Å². The van der Waals surface area contributed by atoms with Crippen molar-refractivity contribution in [3.05, 3.63) is 34.9 Å². The first-order chi connectivity index (χ1) is 8.54. The lowest BCUT2D eigenvalue weighted by Crippen LogP contribution is -2.34. The van der Waals surface area contributed by atoms with E-state index in [4.69, 9.17) is 16.3 Å². The van der Waals surface area contributed by atoms with Gasteiger partial charge in [-0.2, -0.15) is 11.8 Å². The van der Waals surface area contributed by atoms with Crippen LogP contribution in [-0.2, 0) is 4.74 Å². The van der Waals surface area contributed by atoms with E-state index in [0.29, 0.717) is 5.02 Å². The van der Waals surface area contributed by atoms with Crippen LogP contribution in [0, 0.1) is 0 Å². The molecule has 1 aromatic carbocycles. The fraction of sp³-hybridized carbons (Fsp3) is 0.500. The smallest absolute Gasteiger partial charge is 0.184 e. The predicted molar refractivity (Wildman–Crippen MR) is 70.6 cm³/mol. The van der Waals surface area contributed by atoms with Crippen molar-refractivity contribution in [1.29, 1.82) is 0 Å². The monoisotopic (exact) mass is 290 g/mol. The number of thioether (sulfide) groups is 1. The standard InChI is InChI=1S/C12H15ClO4S/c1-18-11(6-2-4-7(13)5-3-6)10-8(14)9(15)12(16)17-10/h2-5,8-12,14-16H,1H3/t8-,9+,10-,11?,12?/m0/s1. The van der Waals surface area contributed by atoms with Crippen molar-refractivity contribution in [2.24, 2.45) is 0 Å². The maximum atomic E-state index is 9.87. The molecule has 0 bridgehead atoms. The Balaban J connectivity index is 2.21. The molecular weight excluding hydrogens is 276 g/mol. The zero-order valence-corrected chi connectivity index (χ0v) is 11.3. The lowest BCUT2D eigenvalue weighted by Gasteiger charge is -2.24. The molecule has 3 N–H and O–H groups in total. The molecule has 1 aliphatic heterocycles. The molecule has 1 heterocycles. The van der Waals surface area contributed by atoms with Crippen LogP contribution in [0.5, 0.6) is 0 Å². The van der Waals surface area contributed by atoms with Crippen LogP contribution < -0.4 is 0 Å². The van der Waals surface area contributed by atoms with Crippen molar-refractivity contribution in [2.45, 2.75) is 29.9 Å². The van der Waals surface area contributed by atoms with Gasteiger partial charge in [-0.15, -0.1) is 0 Å². The molecule has 6 heteroatoms. The molecule has 18 heavy (non-hydrogen) atoms. The summed E-state index contributed by atoms with van der Waals surface area (Å²) in [5, 5.41) is 29.3. The fourth-order valence-electron chi connectivity index (χ4n) is 2.05. The van der Waals surface area contributed by atoms with E-state index in [1.165, 1.54) is 11.8 Å². The number of benzene rings is 1. The number of aliphatic hydroxyl groups excluding tert-OH is 3. The average molecular weight is 291 g/mol. The maximum absolute atomic E-state index is 9.87. The number of halogens is 1. The average Bonchev–Trinajstić information content (AvgIpc) is 2.61. The zero-order valence-electron chi connectivity index (χ0n) is 9.73. The molecule has 0 saturated carbocycles. The van der Waals surface area contributed by atoms with Gasteiger partial charge in [-0.25, -0.2) is 0 Å². The SMILES string of the molecule is CSC(c1ccc(Cl)cc1)[C@H]1OC(O)[C@H](O)[C@@H]1O. The van der Waals surface area contributed by atoms with Gasteiger partial charge in [-0.1, -0.05) is 23.7 Å². The molecule has 5 atom stereocenters. The van der Waals surface area contributed by atoms with E-state index in [-0.39, 0.29) is 5.25 Å². The summed E-state index contributed by atoms with van der Waals surface area (Å²) in [5.41, 5.74) is 0.928. The molecule has 2 unspecified atom stereocenters. The molecule has 0 aliphatic carbocycles. The third-order valence-corrected chi connectivity index (χ3v) is 4.33. The number of rotatable bonds is 3. The van der Waals surface area contributed by atoms with Gasteiger partial charge in [-0.05, 0) is 24.0 Å². The van der Waals surface area contributed by atoms with E-state index in [9.17, 15) is 15.3 Å². The molecule has 2 rings (SSSR count). The molecule has 0 aromatic heterocycles. The molecule has 0 radical (unpaired) electrons. The third-order valence-electron chi connectivity index (χ3n) is 3.03. The van der Waals surface area contributed by atoms with Gasteiger partial charge >= 0.3 is 0 Å². The fourth-order valence-corrected chi connectivity index (χ4v) is 3.10. The van der Waals surface area contributed by atoms with Gasteiger partial charge in [0.1, 0.15) is 18.3 Å². The Morgan fingerprint density at radius 3 is 2.22 bits per heavy atom. The summed E-state index contributed by atoms with van der Waals surface area (Å²) in [6, 6.07) is 7.20. The number of hydrogen-bond donors (Lipinski definition) is 3. The second-order valence-electron chi connectivity index (χ2n) is 4.18. The minimum atomic E-state index is -1.34. The minimum Gasteiger partial charge on any atom is -0.387 e. The Kier molecular flexibility index (Phi) is 4.53. The van der Waals surface area contributed by atoms with Crippen LogP contribution in [0.15, 0.2) is 24.3 Å². The van der Waals surface area contributed by atoms with E-state index in [1.807, 2.05) is 18.4 Å². The summed E-state index contributed by atoms with van der Waals surface area (Å²) >= 11 is 7.31. The van der Waals surface area contributed by atoms with Crippen molar-refractivity contribution in [2.75, 3.05) is 6.26 Å². The first kappa shape index (κ1) is 14.1. The normalized spacial score (nSPS) is 33.6. The highest BCUT2D eigenvalue weighted by molar-refractivity contribution is 7.98. The van der Waals surface area contributed by atoms with Crippen LogP contribution in [0.1, 0.15) is 10.8 Å².